The van der Waals surface area contributed by atoms with Crippen molar-refractivity contribution in [3.8, 4) is 5.75 Å². The van der Waals surface area contributed by atoms with E-state index >= 15 is 0 Å². The Balaban J connectivity index is 1.93. The molecule has 0 unspecified atom stereocenters. The van der Waals surface area contributed by atoms with Gasteiger partial charge in [-0.15, -0.1) is 0 Å². The van der Waals surface area contributed by atoms with Gasteiger partial charge in [-0.05, 0) is 18.6 Å². The smallest absolute Gasteiger partial charge is 0.222 e. The summed E-state index contributed by atoms with van der Waals surface area (Å²) in [4.78, 5) is 8.78. The molecule has 3 aromatic rings. The maximum atomic E-state index is 5.87. The lowest BCUT2D eigenvalue weighted by Gasteiger charge is -2.13. The van der Waals surface area contributed by atoms with Crippen molar-refractivity contribution in [2.24, 2.45) is 0 Å². The number of nitrogen functional groups attached to an aromatic ring is 1. The molecule has 0 aliphatic carbocycles. The molecule has 0 fully saturated rings. The number of nitrogens with two attached hydrogens (primary N) is 1. The van der Waals surface area contributed by atoms with Crippen LogP contribution < -0.4 is 15.8 Å². The second kappa shape index (κ2) is 7.88. The van der Waals surface area contributed by atoms with Crippen molar-refractivity contribution in [2.75, 3.05) is 24.7 Å². The van der Waals surface area contributed by atoms with Crippen LogP contribution in [0, 0.1) is 0 Å². The van der Waals surface area contributed by atoms with E-state index in [0.717, 1.165) is 41.1 Å². The molecule has 3 N–H and O–H groups in total. The molecule has 6 nitrogen and oxygen atoms in total. The molecule has 0 bridgehead atoms. The normalized spacial score (nSPS) is 11.0. The van der Waals surface area contributed by atoms with E-state index in [9.17, 15) is 0 Å². The largest absolute Gasteiger partial charge is 0.496 e. The van der Waals surface area contributed by atoms with Gasteiger partial charge in [-0.3, -0.25) is 0 Å². The Morgan fingerprint density at radius 1 is 1.16 bits per heavy atom. The van der Waals surface area contributed by atoms with Crippen LogP contribution >= 0.6 is 0 Å². The van der Waals surface area contributed by atoms with Gasteiger partial charge >= 0.3 is 0 Å². The summed E-state index contributed by atoms with van der Waals surface area (Å²) in [6, 6.07) is 10.00. The molecule has 1 aromatic carbocycles. The van der Waals surface area contributed by atoms with Gasteiger partial charge in [0.15, 0.2) is 5.82 Å². The van der Waals surface area contributed by atoms with Crippen molar-refractivity contribution in [1.29, 1.82) is 0 Å². The average molecular weight is 339 g/mol. The van der Waals surface area contributed by atoms with E-state index < -0.39 is 0 Å². The first-order chi connectivity index (χ1) is 12.2. The molecule has 25 heavy (non-hydrogen) atoms. The Kier molecular flexibility index (Phi) is 5.38. The van der Waals surface area contributed by atoms with Crippen LogP contribution in [0.2, 0.25) is 0 Å². The molecule has 0 aliphatic heterocycles. The average Bonchev–Trinajstić information content (AvgIpc) is 3.01. The Morgan fingerprint density at radius 2 is 2.00 bits per heavy atom. The molecule has 0 atom stereocenters. The van der Waals surface area contributed by atoms with Gasteiger partial charge in [0, 0.05) is 18.3 Å². The molecule has 0 saturated carbocycles. The number of ether oxygens (including phenoxy) is 1. The van der Waals surface area contributed by atoms with Crippen LogP contribution in [0.4, 0.5) is 11.8 Å². The molecule has 3 rings (SSSR count). The van der Waals surface area contributed by atoms with E-state index in [2.05, 4.69) is 32.8 Å². The highest BCUT2D eigenvalue weighted by Crippen LogP contribution is 2.26. The second-order valence-corrected chi connectivity index (χ2v) is 6.05. The van der Waals surface area contributed by atoms with Crippen LogP contribution in [0.1, 0.15) is 31.7 Å². The summed E-state index contributed by atoms with van der Waals surface area (Å²) < 4.78 is 7.60. The lowest BCUT2D eigenvalue weighted by molar-refractivity contribution is 0.408. The molecular weight excluding hydrogens is 314 g/mol. The first kappa shape index (κ1) is 17.1. The second-order valence-electron chi connectivity index (χ2n) is 6.05. The quantitative estimate of drug-likeness (QED) is 0.612. The minimum Gasteiger partial charge on any atom is -0.496 e. The molecule has 0 aliphatic rings. The molecule has 2 heterocycles. The minimum atomic E-state index is 0.292. The minimum absolute atomic E-state index is 0.292. The Hall–Kier alpha value is -2.76. The number of unbranched alkanes of at least 4 members (excludes halogenated alkanes) is 2. The molecule has 2 aromatic heterocycles. The summed E-state index contributed by atoms with van der Waals surface area (Å²) in [6.07, 6.45) is 5.50. The number of fused-ring (bicyclic) bond motifs is 1. The van der Waals surface area contributed by atoms with E-state index in [-0.39, 0.29) is 0 Å². The highest BCUT2D eigenvalue weighted by molar-refractivity contribution is 5.87. The number of methoxy groups -OCH3 is 1. The Labute approximate surface area is 148 Å². The predicted octanol–water partition coefficient (Wildman–Crippen LogP) is 3.67. The summed E-state index contributed by atoms with van der Waals surface area (Å²) in [5, 5.41) is 3.42. The van der Waals surface area contributed by atoms with Crippen LogP contribution in [0.3, 0.4) is 0 Å². The number of aromatic nitrogens is 3. The predicted molar refractivity (Wildman–Crippen MR) is 102 cm³/mol. The van der Waals surface area contributed by atoms with Gasteiger partial charge in [0.25, 0.3) is 0 Å². The number of rotatable bonds is 8. The fraction of sp³-hybridized carbons (Fsp3) is 0.368. The van der Waals surface area contributed by atoms with E-state index in [1.165, 1.54) is 12.8 Å². The molecule has 0 radical (unpaired) electrons. The monoisotopic (exact) mass is 339 g/mol. The van der Waals surface area contributed by atoms with E-state index in [4.69, 9.17) is 10.5 Å². The van der Waals surface area contributed by atoms with E-state index in [1.54, 1.807) is 7.11 Å². The first-order valence-corrected chi connectivity index (χ1v) is 8.71. The number of anilines is 2. The topological polar surface area (TPSA) is 78.0 Å². The van der Waals surface area contributed by atoms with Crippen molar-refractivity contribution in [3.63, 3.8) is 0 Å². The van der Waals surface area contributed by atoms with Crippen molar-refractivity contribution >= 4 is 22.8 Å². The SMILES string of the molecule is CCCCCNc1nc(N)nc2ccn(Cc3ccccc3OC)c12. The number of benzene rings is 1. The highest BCUT2D eigenvalue weighted by Gasteiger charge is 2.12. The van der Waals surface area contributed by atoms with E-state index in [0.29, 0.717) is 12.5 Å². The van der Waals surface area contributed by atoms with Crippen molar-refractivity contribution in [1.82, 2.24) is 14.5 Å². The summed E-state index contributed by atoms with van der Waals surface area (Å²) >= 11 is 0. The maximum Gasteiger partial charge on any atom is 0.222 e. The van der Waals surface area contributed by atoms with Gasteiger partial charge < -0.3 is 20.4 Å². The molecular formula is C19H25N5O. The van der Waals surface area contributed by atoms with Gasteiger partial charge in [0.2, 0.25) is 5.95 Å². The van der Waals surface area contributed by atoms with Crippen LogP contribution in [-0.2, 0) is 6.54 Å². The lowest BCUT2D eigenvalue weighted by atomic mass is 10.2. The number of hydrogen-bond acceptors (Lipinski definition) is 5. The third-order valence-corrected chi connectivity index (χ3v) is 4.23. The third-order valence-electron chi connectivity index (χ3n) is 4.23. The van der Waals surface area contributed by atoms with Gasteiger partial charge in [-0.1, -0.05) is 38.0 Å². The standard InChI is InChI=1S/C19H25N5O/c1-3-4-7-11-21-18-17-15(22-19(20)23-18)10-12-24(17)13-14-8-5-6-9-16(14)25-2/h5-6,8-10,12H,3-4,7,11,13H2,1-2H3,(H3,20,21,22,23). The summed E-state index contributed by atoms with van der Waals surface area (Å²) in [6.45, 7) is 3.75. The van der Waals surface area contributed by atoms with Crippen LogP contribution in [0.25, 0.3) is 11.0 Å². The van der Waals surface area contributed by atoms with Crippen molar-refractivity contribution in [2.45, 2.75) is 32.7 Å². The molecule has 0 saturated heterocycles. The zero-order valence-electron chi connectivity index (χ0n) is 14.8. The number of nitrogens with one attached hydrogen (secondary N) is 1. The molecule has 132 valence electrons. The van der Waals surface area contributed by atoms with Crippen molar-refractivity contribution < 1.29 is 4.74 Å². The Bertz CT molecular complexity index is 843. The van der Waals surface area contributed by atoms with Crippen LogP contribution in [0.15, 0.2) is 36.5 Å². The van der Waals surface area contributed by atoms with E-state index in [1.807, 2.05) is 30.5 Å². The third kappa shape index (κ3) is 3.84. The number of hydrogen-bond donors (Lipinski definition) is 2. The highest BCUT2D eigenvalue weighted by atomic mass is 16.5. The van der Waals surface area contributed by atoms with Gasteiger partial charge in [0.05, 0.1) is 19.2 Å². The van der Waals surface area contributed by atoms with Gasteiger partial charge in [-0.2, -0.15) is 4.98 Å². The molecule has 0 spiro atoms. The molecule has 0 amide bonds. The summed E-state index contributed by atoms with van der Waals surface area (Å²) in [7, 11) is 1.69. The summed E-state index contributed by atoms with van der Waals surface area (Å²) in [5.41, 5.74) is 8.80. The van der Waals surface area contributed by atoms with Crippen molar-refractivity contribution in [3.05, 3.63) is 42.1 Å². The van der Waals surface area contributed by atoms with Crippen LogP contribution in [0.5, 0.6) is 5.75 Å². The number of nitrogens with zero attached hydrogens (tertiary/aromatic N) is 3. The zero-order chi connectivity index (χ0) is 17.6. The first-order valence-electron chi connectivity index (χ1n) is 8.71. The van der Waals surface area contributed by atoms with Gasteiger partial charge in [0.1, 0.15) is 11.3 Å². The zero-order valence-corrected chi connectivity index (χ0v) is 14.8. The Morgan fingerprint density at radius 3 is 2.80 bits per heavy atom. The summed E-state index contributed by atoms with van der Waals surface area (Å²) in [5.74, 6) is 1.96. The maximum absolute atomic E-state index is 5.87. The number of para-hydroxylation sites is 1. The molecule has 6 heteroatoms. The fourth-order valence-corrected chi connectivity index (χ4v) is 2.98. The lowest BCUT2D eigenvalue weighted by Crippen LogP contribution is -2.09. The van der Waals surface area contributed by atoms with Gasteiger partial charge in [-0.25, -0.2) is 4.98 Å². The van der Waals surface area contributed by atoms with Crippen LogP contribution in [-0.4, -0.2) is 28.2 Å². The fourth-order valence-electron chi connectivity index (χ4n) is 2.98.